The number of thioether (sulfide) groups is 1. The van der Waals surface area contributed by atoms with E-state index in [0.29, 0.717) is 5.25 Å². The van der Waals surface area contributed by atoms with E-state index >= 15 is 0 Å². The molecule has 1 N–H and O–H groups in total. The van der Waals surface area contributed by atoms with Gasteiger partial charge in [0.05, 0.1) is 21.6 Å². The number of hydrogen-bond acceptors (Lipinski definition) is 4. The lowest BCUT2D eigenvalue weighted by molar-refractivity contribution is 0.938. The van der Waals surface area contributed by atoms with E-state index in [9.17, 15) is 0 Å². The molecule has 2 aromatic rings. The fourth-order valence-corrected chi connectivity index (χ4v) is 4.23. The zero-order valence-corrected chi connectivity index (χ0v) is 13.7. The van der Waals surface area contributed by atoms with Gasteiger partial charge in [-0.2, -0.15) is 0 Å². The minimum Gasteiger partial charge on any atom is -0.337 e. The van der Waals surface area contributed by atoms with E-state index in [4.69, 9.17) is 4.99 Å². The lowest BCUT2D eigenvalue weighted by Gasteiger charge is -2.08. The monoisotopic (exact) mass is 325 g/mol. The van der Waals surface area contributed by atoms with Gasteiger partial charge < -0.3 is 5.32 Å². The highest BCUT2D eigenvalue weighted by atomic mass is 32.2. The molecule has 2 heterocycles. The van der Waals surface area contributed by atoms with Crippen molar-refractivity contribution in [1.29, 1.82) is 0 Å². The molecule has 1 aromatic heterocycles. The van der Waals surface area contributed by atoms with E-state index in [-0.39, 0.29) is 0 Å². The molecule has 0 radical (unpaired) electrons. The Kier molecular flexibility index (Phi) is 3.60. The number of aliphatic imine (C=N–C) groups is 1. The maximum atomic E-state index is 4.75. The molecule has 0 bridgehead atoms. The highest BCUT2D eigenvalue weighted by molar-refractivity contribution is 8.15. The molecule has 1 aliphatic heterocycles. The average Bonchev–Trinajstić information content (AvgIpc) is 3.13. The van der Waals surface area contributed by atoms with Crippen molar-refractivity contribution in [2.24, 2.45) is 4.99 Å². The first-order valence-electron chi connectivity index (χ1n) is 7.19. The Morgan fingerprint density at radius 3 is 3.14 bits per heavy atom. The Labute approximate surface area is 137 Å². The Morgan fingerprint density at radius 2 is 2.32 bits per heavy atom. The topological polar surface area (TPSA) is 37.3 Å². The highest BCUT2D eigenvalue weighted by Gasteiger charge is 2.26. The van der Waals surface area contributed by atoms with Crippen molar-refractivity contribution in [3.8, 4) is 11.3 Å². The second kappa shape index (κ2) is 5.74. The second-order valence-electron chi connectivity index (χ2n) is 5.24. The lowest BCUT2D eigenvalue weighted by atomic mass is 10.1. The van der Waals surface area contributed by atoms with E-state index in [1.54, 1.807) is 23.1 Å². The Hall–Kier alpha value is -1.85. The molecule has 0 saturated carbocycles. The van der Waals surface area contributed by atoms with Crippen molar-refractivity contribution in [1.82, 2.24) is 10.3 Å². The van der Waals surface area contributed by atoms with E-state index < -0.39 is 0 Å². The fourth-order valence-electron chi connectivity index (χ4n) is 2.53. The number of hydrogen-bond donors (Lipinski definition) is 1. The second-order valence-corrected chi connectivity index (χ2v) is 7.49. The molecule has 1 atom stereocenters. The van der Waals surface area contributed by atoms with E-state index in [1.807, 2.05) is 19.1 Å². The van der Waals surface area contributed by atoms with Crippen molar-refractivity contribution in [2.45, 2.75) is 18.6 Å². The van der Waals surface area contributed by atoms with Gasteiger partial charge in [0.15, 0.2) is 5.17 Å². The van der Waals surface area contributed by atoms with Gasteiger partial charge in [-0.15, -0.1) is 11.3 Å². The van der Waals surface area contributed by atoms with Crippen LogP contribution in [0.2, 0.25) is 0 Å². The van der Waals surface area contributed by atoms with Crippen molar-refractivity contribution in [2.75, 3.05) is 0 Å². The van der Waals surface area contributed by atoms with Gasteiger partial charge in [-0.1, -0.05) is 36.0 Å². The molecule has 1 aromatic carbocycles. The van der Waals surface area contributed by atoms with Gasteiger partial charge in [-0.05, 0) is 31.6 Å². The molecule has 4 rings (SSSR count). The Morgan fingerprint density at radius 1 is 1.36 bits per heavy atom. The third kappa shape index (κ3) is 2.74. The van der Waals surface area contributed by atoms with Crippen molar-refractivity contribution < 1.29 is 0 Å². The molecule has 3 nitrogen and oxygen atoms in total. The van der Waals surface area contributed by atoms with Crippen LogP contribution in [0.1, 0.15) is 11.4 Å². The van der Waals surface area contributed by atoms with Crippen LogP contribution in [0.15, 0.2) is 58.6 Å². The number of aryl methyl sites for hydroxylation is 1. The maximum absolute atomic E-state index is 4.75. The summed E-state index contributed by atoms with van der Waals surface area (Å²) in [7, 11) is 0. The van der Waals surface area contributed by atoms with Crippen LogP contribution >= 0.6 is 23.1 Å². The van der Waals surface area contributed by atoms with Gasteiger partial charge in [0.2, 0.25) is 0 Å². The van der Waals surface area contributed by atoms with E-state index in [0.717, 1.165) is 33.5 Å². The molecule has 1 saturated heterocycles. The van der Waals surface area contributed by atoms with Crippen LogP contribution in [0, 0.1) is 6.92 Å². The quantitative estimate of drug-likeness (QED) is 0.873. The van der Waals surface area contributed by atoms with E-state index in [1.165, 1.54) is 5.70 Å². The number of benzene rings is 1. The normalized spacial score (nSPS) is 21.6. The van der Waals surface area contributed by atoms with Crippen LogP contribution < -0.4 is 5.32 Å². The molecule has 110 valence electrons. The van der Waals surface area contributed by atoms with Crippen LogP contribution in [0.25, 0.3) is 11.3 Å². The zero-order chi connectivity index (χ0) is 14.9. The predicted molar refractivity (Wildman–Crippen MR) is 95.7 cm³/mol. The number of nitrogens with zero attached hydrogens (tertiary/aromatic N) is 2. The molecule has 1 unspecified atom stereocenters. The van der Waals surface area contributed by atoms with Gasteiger partial charge in [0, 0.05) is 16.6 Å². The first-order valence-corrected chi connectivity index (χ1v) is 8.95. The molecule has 0 spiro atoms. The number of thiazole rings is 1. The summed E-state index contributed by atoms with van der Waals surface area (Å²) >= 11 is 3.47. The number of fused-ring (bicyclic) bond motifs is 1. The Bertz CT molecular complexity index is 802. The molecular formula is C17H15N3S2. The van der Waals surface area contributed by atoms with Crippen LogP contribution in [0.3, 0.4) is 0 Å². The lowest BCUT2D eigenvalue weighted by Crippen LogP contribution is -2.14. The molecule has 2 aliphatic rings. The molecule has 1 aliphatic carbocycles. The average molecular weight is 325 g/mol. The third-order valence-corrected chi connectivity index (χ3v) is 5.53. The van der Waals surface area contributed by atoms with Gasteiger partial charge in [-0.25, -0.2) is 9.98 Å². The minimum absolute atomic E-state index is 0.494. The van der Waals surface area contributed by atoms with Gasteiger partial charge in [0.1, 0.15) is 0 Å². The summed E-state index contributed by atoms with van der Waals surface area (Å²) in [5.74, 6) is 0. The number of allylic oxidation sites excluding steroid dienone is 3. The minimum atomic E-state index is 0.494. The summed E-state index contributed by atoms with van der Waals surface area (Å²) in [6.07, 6.45) is 7.52. The number of amidine groups is 1. The summed E-state index contributed by atoms with van der Waals surface area (Å²) < 4.78 is 0. The van der Waals surface area contributed by atoms with Crippen molar-refractivity contribution in [3.05, 3.63) is 58.6 Å². The number of rotatable bonds is 2. The zero-order valence-electron chi connectivity index (χ0n) is 12.1. The molecular weight excluding hydrogens is 310 g/mol. The fraction of sp³-hybridized carbons (Fsp3) is 0.176. The van der Waals surface area contributed by atoms with E-state index in [2.05, 4.69) is 46.0 Å². The summed E-state index contributed by atoms with van der Waals surface area (Å²) in [6, 6.07) is 8.25. The smallest absolute Gasteiger partial charge is 0.166 e. The van der Waals surface area contributed by atoms with Gasteiger partial charge in [0.25, 0.3) is 0 Å². The number of aromatic nitrogens is 1. The SMILES string of the molecule is Cc1nc(-c2cccc(N=C3NC4=CC=CCC4S3)c2)cs1. The third-order valence-electron chi connectivity index (χ3n) is 3.61. The summed E-state index contributed by atoms with van der Waals surface area (Å²) in [5, 5.41) is 8.06. The van der Waals surface area contributed by atoms with Crippen molar-refractivity contribution in [3.63, 3.8) is 0 Å². The molecule has 22 heavy (non-hydrogen) atoms. The van der Waals surface area contributed by atoms with Gasteiger partial charge in [-0.3, -0.25) is 0 Å². The first-order chi connectivity index (χ1) is 10.8. The largest absolute Gasteiger partial charge is 0.337 e. The van der Waals surface area contributed by atoms with Crippen LogP contribution in [-0.2, 0) is 0 Å². The molecule has 5 heteroatoms. The first kappa shape index (κ1) is 13.8. The highest BCUT2D eigenvalue weighted by Crippen LogP contribution is 2.33. The van der Waals surface area contributed by atoms with Gasteiger partial charge >= 0.3 is 0 Å². The summed E-state index contributed by atoms with van der Waals surface area (Å²) in [4.78, 5) is 9.30. The number of nitrogens with one attached hydrogen (secondary N) is 1. The van der Waals surface area contributed by atoms with Crippen molar-refractivity contribution >= 4 is 34.0 Å². The van der Waals surface area contributed by atoms with Crippen LogP contribution in [-0.4, -0.2) is 15.4 Å². The Balaban J connectivity index is 1.60. The molecule has 1 fully saturated rings. The summed E-state index contributed by atoms with van der Waals surface area (Å²) in [6.45, 7) is 2.03. The standard InChI is InChI=1S/C17H15N3S2/c1-11-18-15(10-21-11)12-5-4-6-13(9-12)19-17-20-14-7-2-3-8-16(14)22-17/h2-7,9-10,16H,8H2,1H3,(H,19,20). The predicted octanol–water partition coefficient (Wildman–Crippen LogP) is 4.65. The van der Waals surface area contributed by atoms with Crippen LogP contribution in [0.4, 0.5) is 5.69 Å². The molecule has 0 amide bonds. The maximum Gasteiger partial charge on any atom is 0.166 e. The summed E-state index contributed by atoms with van der Waals surface area (Å²) in [5.41, 5.74) is 4.37. The van der Waals surface area contributed by atoms with Crippen LogP contribution in [0.5, 0.6) is 0 Å².